The molecule has 0 saturated heterocycles. The zero-order valence-electron chi connectivity index (χ0n) is 6.45. The normalized spacial score (nSPS) is 14.8. The van der Waals surface area contributed by atoms with Crippen LogP contribution in [0.15, 0.2) is 29.4 Å². The molecule has 1 aromatic rings. The Kier molecular flexibility index (Phi) is 1.63. The van der Waals surface area contributed by atoms with Crippen molar-refractivity contribution in [3.05, 3.63) is 35.4 Å². The summed E-state index contributed by atoms with van der Waals surface area (Å²) in [5.74, 6) is -0.0319. The van der Waals surface area contributed by atoms with Gasteiger partial charge in [0.1, 0.15) is 0 Å². The topological polar surface area (TPSA) is 41.5 Å². The molecule has 0 aromatic heterocycles. The van der Waals surface area contributed by atoms with E-state index in [4.69, 9.17) is 0 Å². The van der Waals surface area contributed by atoms with Crippen molar-refractivity contribution >= 4 is 12.0 Å². The zero-order valence-corrected chi connectivity index (χ0v) is 6.45. The molecule has 0 radical (unpaired) electrons. The first-order valence-corrected chi connectivity index (χ1v) is 3.76. The van der Waals surface area contributed by atoms with Gasteiger partial charge in [0.05, 0.1) is 12.8 Å². The van der Waals surface area contributed by atoms with E-state index in [9.17, 15) is 4.79 Å². The van der Waals surface area contributed by atoms with Gasteiger partial charge in [-0.15, -0.1) is 0 Å². The van der Waals surface area contributed by atoms with Crippen LogP contribution in [-0.2, 0) is 6.54 Å². The Labute approximate surface area is 70.1 Å². The maximum absolute atomic E-state index is 11.3. The van der Waals surface area contributed by atoms with E-state index in [1.54, 1.807) is 0 Å². The molecule has 0 aliphatic carbocycles. The van der Waals surface area contributed by atoms with Gasteiger partial charge in [-0.25, -0.2) is 0 Å². The average molecular weight is 160 g/mol. The third kappa shape index (κ3) is 1.09. The fraction of sp³-hybridized carbons (Fsp3) is 0.111. The maximum atomic E-state index is 11.3. The molecule has 1 aliphatic rings. The minimum absolute atomic E-state index is 0.0319. The number of rotatable bonds is 0. The van der Waals surface area contributed by atoms with E-state index in [-0.39, 0.29) is 5.78 Å². The number of hydrogen-bond acceptors (Lipinski definition) is 3. The van der Waals surface area contributed by atoms with Crippen LogP contribution < -0.4 is 5.43 Å². The number of nitrogens with one attached hydrogen (secondary N) is 1. The van der Waals surface area contributed by atoms with Crippen LogP contribution >= 0.6 is 0 Å². The molecule has 0 saturated carbocycles. The lowest BCUT2D eigenvalue weighted by molar-refractivity contribution is 0.107. The van der Waals surface area contributed by atoms with Gasteiger partial charge in [0.25, 0.3) is 0 Å². The monoisotopic (exact) mass is 160 g/mol. The molecule has 0 unspecified atom stereocenters. The van der Waals surface area contributed by atoms with E-state index < -0.39 is 0 Å². The lowest BCUT2D eigenvalue weighted by Crippen LogP contribution is -2.04. The Hall–Kier alpha value is -1.64. The van der Waals surface area contributed by atoms with Crippen LogP contribution in [0, 0.1) is 0 Å². The third-order valence-corrected chi connectivity index (χ3v) is 1.83. The van der Waals surface area contributed by atoms with Crippen molar-refractivity contribution < 1.29 is 4.79 Å². The smallest absolute Gasteiger partial charge is 0.206 e. The summed E-state index contributed by atoms with van der Waals surface area (Å²) in [5.41, 5.74) is 4.52. The van der Waals surface area contributed by atoms with E-state index in [0.717, 1.165) is 11.1 Å². The van der Waals surface area contributed by atoms with Gasteiger partial charge in [0.2, 0.25) is 5.78 Å². The first kappa shape index (κ1) is 7.03. The second kappa shape index (κ2) is 2.77. The molecule has 1 N–H and O–H groups in total. The lowest BCUT2D eigenvalue weighted by Gasteiger charge is -2.01. The van der Waals surface area contributed by atoms with Crippen molar-refractivity contribution in [2.75, 3.05) is 0 Å². The summed E-state index contributed by atoms with van der Waals surface area (Å²) in [7, 11) is 0. The number of nitrogens with zero attached hydrogens (tertiary/aromatic N) is 1. The molecule has 0 fully saturated rings. The molecular formula is C9H8N2O. The molecule has 0 atom stereocenters. The standard InChI is InChI=1S/C9H8N2O/c12-9-6-11-10-5-7-3-1-2-4-8(7)9/h1-4,6,10H,5H2. The summed E-state index contributed by atoms with van der Waals surface area (Å²) in [6.45, 7) is 0.623. The molecule has 3 heteroatoms. The Morgan fingerprint density at radius 3 is 3.08 bits per heavy atom. The summed E-state index contributed by atoms with van der Waals surface area (Å²) >= 11 is 0. The number of hydrazone groups is 1. The summed E-state index contributed by atoms with van der Waals surface area (Å²) < 4.78 is 0. The highest BCUT2D eigenvalue weighted by molar-refractivity contribution is 6.35. The molecule has 0 spiro atoms. The first-order valence-electron chi connectivity index (χ1n) is 3.76. The van der Waals surface area contributed by atoms with Gasteiger partial charge >= 0.3 is 0 Å². The molecule has 0 bridgehead atoms. The highest BCUT2D eigenvalue weighted by Crippen LogP contribution is 2.10. The van der Waals surface area contributed by atoms with Crippen molar-refractivity contribution in [1.82, 2.24) is 5.43 Å². The Bertz CT molecular complexity index is 344. The van der Waals surface area contributed by atoms with Gasteiger partial charge in [0.15, 0.2) is 0 Å². The van der Waals surface area contributed by atoms with Gasteiger partial charge in [-0.1, -0.05) is 24.3 Å². The van der Waals surface area contributed by atoms with E-state index in [0.29, 0.717) is 6.54 Å². The molecule has 1 heterocycles. The maximum Gasteiger partial charge on any atom is 0.206 e. The third-order valence-electron chi connectivity index (χ3n) is 1.83. The van der Waals surface area contributed by atoms with Crippen LogP contribution in [0.1, 0.15) is 15.9 Å². The van der Waals surface area contributed by atoms with E-state index in [1.807, 2.05) is 24.3 Å². The summed E-state index contributed by atoms with van der Waals surface area (Å²) in [5, 5.41) is 3.74. The SMILES string of the molecule is O=C1C=NNCc2ccccc21. The molecule has 2 rings (SSSR count). The number of Topliss-reactive ketones (excluding diaryl/α,β-unsaturated/α-hetero) is 1. The average Bonchev–Trinajstić information content (AvgIpc) is 2.29. The van der Waals surface area contributed by atoms with E-state index >= 15 is 0 Å². The van der Waals surface area contributed by atoms with Crippen molar-refractivity contribution in [3.8, 4) is 0 Å². The summed E-state index contributed by atoms with van der Waals surface area (Å²) in [6.07, 6.45) is 1.31. The van der Waals surface area contributed by atoms with Crippen molar-refractivity contribution in [2.45, 2.75) is 6.54 Å². The number of carbonyl (C=O) groups excluding carboxylic acids is 1. The molecule has 60 valence electrons. The number of fused-ring (bicyclic) bond motifs is 1. The van der Waals surface area contributed by atoms with Crippen LogP contribution in [0.25, 0.3) is 0 Å². The predicted octanol–water partition coefficient (Wildman–Crippen LogP) is 0.958. The van der Waals surface area contributed by atoms with E-state index in [2.05, 4.69) is 10.5 Å². The highest BCUT2D eigenvalue weighted by atomic mass is 16.1. The molecular weight excluding hydrogens is 152 g/mol. The van der Waals surface area contributed by atoms with Gasteiger partial charge in [-0.3, -0.25) is 4.79 Å². The van der Waals surface area contributed by atoms with Crippen LogP contribution in [-0.4, -0.2) is 12.0 Å². The van der Waals surface area contributed by atoms with Gasteiger partial charge < -0.3 is 5.43 Å². The van der Waals surface area contributed by atoms with Gasteiger partial charge in [-0.2, -0.15) is 5.10 Å². The number of hydrogen-bond donors (Lipinski definition) is 1. The quantitative estimate of drug-likeness (QED) is 0.614. The number of carbonyl (C=O) groups is 1. The first-order chi connectivity index (χ1) is 5.88. The minimum atomic E-state index is -0.0319. The number of ketones is 1. The molecule has 0 amide bonds. The van der Waals surface area contributed by atoms with Gasteiger partial charge in [-0.05, 0) is 5.56 Å². The summed E-state index contributed by atoms with van der Waals surface area (Å²) in [4.78, 5) is 11.3. The Morgan fingerprint density at radius 2 is 2.17 bits per heavy atom. The van der Waals surface area contributed by atoms with Crippen LogP contribution in [0.5, 0.6) is 0 Å². The van der Waals surface area contributed by atoms with Crippen molar-refractivity contribution in [3.63, 3.8) is 0 Å². The fourth-order valence-electron chi connectivity index (χ4n) is 1.22. The lowest BCUT2D eigenvalue weighted by atomic mass is 10.0. The highest BCUT2D eigenvalue weighted by Gasteiger charge is 2.10. The molecule has 12 heavy (non-hydrogen) atoms. The van der Waals surface area contributed by atoms with Crippen LogP contribution in [0.4, 0.5) is 0 Å². The molecule has 1 aliphatic heterocycles. The van der Waals surface area contributed by atoms with E-state index in [1.165, 1.54) is 6.21 Å². The Balaban J connectivity index is 2.53. The van der Waals surface area contributed by atoms with Gasteiger partial charge in [0, 0.05) is 5.56 Å². The van der Waals surface area contributed by atoms with Crippen LogP contribution in [0.3, 0.4) is 0 Å². The Morgan fingerprint density at radius 1 is 1.33 bits per heavy atom. The number of benzene rings is 1. The second-order valence-corrected chi connectivity index (χ2v) is 2.61. The molecule has 1 aromatic carbocycles. The van der Waals surface area contributed by atoms with Crippen LogP contribution in [0.2, 0.25) is 0 Å². The second-order valence-electron chi connectivity index (χ2n) is 2.61. The molecule has 3 nitrogen and oxygen atoms in total. The zero-order chi connectivity index (χ0) is 8.39. The van der Waals surface area contributed by atoms with Crippen molar-refractivity contribution in [1.29, 1.82) is 0 Å². The predicted molar refractivity (Wildman–Crippen MR) is 46.1 cm³/mol. The fourth-order valence-corrected chi connectivity index (χ4v) is 1.22. The van der Waals surface area contributed by atoms with Crippen molar-refractivity contribution in [2.24, 2.45) is 5.10 Å². The minimum Gasteiger partial charge on any atom is -0.306 e. The summed E-state index contributed by atoms with van der Waals surface area (Å²) in [6, 6.07) is 7.51. The largest absolute Gasteiger partial charge is 0.306 e.